The molecule has 0 radical (unpaired) electrons. The van der Waals surface area contributed by atoms with Crippen molar-refractivity contribution < 1.29 is 18.0 Å². The Hall–Kier alpha value is -2.78. The van der Waals surface area contributed by atoms with Crippen LogP contribution in [0.2, 0.25) is 15.1 Å². The van der Waals surface area contributed by atoms with Crippen LogP contribution >= 0.6 is 34.8 Å². The number of halogens is 3. The average molecular weight is 665 g/mol. The van der Waals surface area contributed by atoms with Crippen molar-refractivity contribution in [1.29, 1.82) is 0 Å². The SMILES string of the molecule is Cc1ccc(N(CC(=O)N(Cc2ccc(Cl)c(Cl)c2)[C@H](C)C(=O)NC2CCCCC2)S(=O)(=O)c2ccc(Cl)cc2)cc1C. The number of carbonyl (C=O) groups excluding carboxylic acids is 2. The molecule has 11 heteroatoms. The van der Waals surface area contributed by atoms with E-state index in [9.17, 15) is 18.0 Å². The van der Waals surface area contributed by atoms with E-state index in [4.69, 9.17) is 34.8 Å². The summed E-state index contributed by atoms with van der Waals surface area (Å²) in [6.07, 6.45) is 5.00. The second-order valence-corrected chi connectivity index (χ2v) is 14.1. The molecule has 0 saturated heterocycles. The van der Waals surface area contributed by atoms with E-state index in [0.717, 1.165) is 47.5 Å². The van der Waals surface area contributed by atoms with E-state index in [2.05, 4.69) is 5.32 Å². The fraction of sp³-hybridized carbons (Fsp3) is 0.375. The number of sulfonamides is 1. The summed E-state index contributed by atoms with van der Waals surface area (Å²) >= 11 is 18.4. The number of hydrogen-bond acceptors (Lipinski definition) is 4. The van der Waals surface area contributed by atoms with Gasteiger partial charge in [-0.25, -0.2) is 8.42 Å². The van der Waals surface area contributed by atoms with E-state index in [1.54, 1.807) is 37.3 Å². The summed E-state index contributed by atoms with van der Waals surface area (Å²) in [6, 6.07) is 15.2. The number of aryl methyl sites for hydroxylation is 2. The molecule has 1 fully saturated rings. The molecule has 1 aliphatic carbocycles. The van der Waals surface area contributed by atoms with Gasteiger partial charge in [-0.05, 0) is 98.8 Å². The predicted octanol–water partition coefficient (Wildman–Crippen LogP) is 7.33. The maximum absolute atomic E-state index is 14.2. The minimum Gasteiger partial charge on any atom is -0.352 e. The van der Waals surface area contributed by atoms with Gasteiger partial charge in [0.2, 0.25) is 11.8 Å². The van der Waals surface area contributed by atoms with Crippen LogP contribution in [-0.4, -0.2) is 43.8 Å². The maximum Gasteiger partial charge on any atom is 0.264 e. The van der Waals surface area contributed by atoms with E-state index in [-0.39, 0.29) is 23.4 Å². The molecule has 1 saturated carbocycles. The van der Waals surface area contributed by atoms with E-state index < -0.39 is 28.5 Å². The van der Waals surface area contributed by atoms with Crippen molar-refractivity contribution >= 4 is 62.3 Å². The zero-order valence-electron chi connectivity index (χ0n) is 24.4. The number of nitrogens with zero attached hydrogens (tertiary/aromatic N) is 2. The van der Waals surface area contributed by atoms with Gasteiger partial charge in [-0.2, -0.15) is 0 Å². The monoisotopic (exact) mass is 663 g/mol. The average Bonchev–Trinajstić information content (AvgIpc) is 2.98. The van der Waals surface area contributed by atoms with Crippen LogP contribution in [0.5, 0.6) is 0 Å². The van der Waals surface area contributed by atoms with Gasteiger partial charge in [0.15, 0.2) is 0 Å². The summed E-state index contributed by atoms with van der Waals surface area (Å²) in [7, 11) is -4.19. The number of rotatable bonds is 10. The molecule has 0 bridgehead atoms. The molecule has 1 aliphatic rings. The number of nitrogens with one attached hydrogen (secondary N) is 1. The van der Waals surface area contributed by atoms with Crippen molar-refractivity contribution in [3.63, 3.8) is 0 Å². The Morgan fingerprint density at radius 3 is 2.19 bits per heavy atom. The molecule has 0 unspecified atom stereocenters. The number of amides is 2. The van der Waals surface area contributed by atoms with Gasteiger partial charge in [0, 0.05) is 17.6 Å². The van der Waals surface area contributed by atoms with E-state index >= 15 is 0 Å². The van der Waals surface area contributed by atoms with Gasteiger partial charge in [-0.1, -0.05) is 66.2 Å². The van der Waals surface area contributed by atoms with Crippen molar-refractivity contribution in [3.8, 4) is 0 Å². The van der Waals surface area contributed by atoms with Crippen molar-refractivity contribution in [2.45, 2.75) is 76.4 Å². The molecule has 1 N–H and O–H groups in total. The van der Waals surface area contributed by atoms with Gasteiger partial charge in [-0.3, -0.25) is 13.9 Å². The lowest BCUT2D eigenvalue weighted by atomic mass is 9.95. The zero-order chi connectivity index (χ0) is 31.3. The largest absolute Gasteiger partial charge is 0.352 e. The summed E-state index contributed by atoms with van der Waals surface area (Å²) in [5, 5.41) is 4.16. The molecular formula is C32H36Cl3N3O4S. The maximum atomic E-state index is 14.2. The Kier molecular flexibility index (Phi) is 11.0. The third-order valence-electron chi connectivity index (χ3n) is 7.91. The summed E-state index contributed by atoms with van der Waals surface area (Å²) in [5.74, 6) is -0.841. The highest BCUT2D eigenvalue weighted by Gasteiger charge is 2.33. The first-order valence-corrected chi connectivity index (χ1v) is 16.8. The van der Waals surface area contributed by atoms with Crippen LogP contribution in [0, 0.1) is 13.8 Å². The fourth-order valence-electron chi connectivity index (χ4n) is 5.13. The van der Waals surface area contributed by atoms with E-state index in [0.29, 0.717) is 26.3 Å². The lowest BCUT2D eigenvalue weighted by Gasteiger charge is -2.33. The fourth-order valence-corrected chi connectivity index (χ4v) is 6.98. The summed E-state index contributed by atoms with van der Waals surface area (Å²) < 4.78 is 29.1. The van der Waals surface area contributed by atoms with Gasteiger partial charge >= 0.3 is 0 Å². The predicted molar refractivity (Wildman–Crippen MR) is 173 cm³/mol. The first kappa shape index (κ1) is 33.1. The molecule has 0 heterocycles. The molecule has 230 valence electrons. The number of carbonyl (C=O) groups is 2. The molecular weight excluding hydrogens is 629 g/mol. The van der Waals surface area contributed by atoms with Crippen LogP contribution in [0.25, 0.3) is 0 Å². The Balaban J connectivity index is 1.71. The Labute approximate surface area is 269 Å². The Bertz CT molecular complexity index is 1580. The van der Waals surface area contributed by atoms with Crippen LogP contribution in [-0.2, 0) is 26.2 Å². The third-order valence-corrected chi connectivity index (χ3v) is 10.7. The molecule has 7 nitrogen and oxygen atoms in total. The molecule has 0 aromatic heterocycles. The number of anilines is 1. The molecule has 43 heavy (non-hydrogen) atoms. The smallest absolute Gasteiger partial charge is 0.264 e. The van der Waals surface area contributed by atoms with Gasteiger partial charge in [-0.15, -0.1) is 0 Å². The van der Waals surface area contributed by atoms with Gasteiger partial charge < -0.3 is 10.2 Å². The molecule has 3 aromatic carbocycles. The minimum atomic E-state index is -4.19. The van der Waals surface area contributed by atoms with E-state index in [1.165, 1.54) is 29.2 Å². The number of benzene rings is 3. The normalized spacial score (nSPS) is 14.7. The van der Waals surface area contributed by atoms with Gasteiger partial charge in [0.05, 0.1) is 20.6 Å². The van der Waals surface area contributed by atoms with Crippen molar-refractivity contribution in [2.75, 3.05) is 10.8 Å². The van der Waals surface area contributed by atoms with Gasteiger partial charge in [0.25, 0.3) is 10.0 Å². The quantitative estimate of drug-likeness (QED) is 0.246. The highest BCUT2D eigenvalue weighted by molar-refractivity contribution is 7.92. The Morgan fingerprint density at radius 2 is 1.56 bits per heavy atom. The summed E-state index contributed by atoms with van der Waals surface area (Å²) in [5.41, 5.74) is 2.83. The first-order chi connectivity index (χ1) is 20.4. The van der Waals surface area contributed by atoms with Crippen LogP contribution in [0.15, 0.2) is 65.6 Å². The lowest BCUT2D eigenvalue weighted by molar-refractivity contribution is -0.139. The highest BCUT2D eigenvalue weighted by atomic mass is 35.5. The summed E-state index contributed by atoms with van der Waals surface area (Å²) in [6.45, 7) is 4.95. The second kappa shape index (κ2) is 14.3. The standard InChI is InChI=1S/C32H36Cl3N3O4S/c1-21-9-13-27(17-22(21)2)38(43(41,42)28-14-11-25(33)12-15-28)20-31(39)37(19-24-10-16-29(34)30(35)18-24)23(3)32(40)36-26-7-5-4-6-8-26/h9-18,23,26H,4-8,19-20H2,1-3H3,(H,36,40)/t23-/m1/s1. The number of hydrogen-bond donors (Lipinski definition) is 1. The van der Waals surface area contributed by atoms with E-state index in [1.807, 2.05) is 19.9 Å². The first-order valence-electron chi connectivity index (χ1n) is 14.3. The molecule has 0 spiro atoms. The molecule has 0 aliphatic heterocycles. The Morgan fingerprint density at radius 1 is 0.884 bits per heavy atom. The molecule has 4 rings (SSSR count). The van der Waals surface area contributed by atoms with Crippen molar-refractivity contribution in [1.82, 2.24) is 10.2 Å². The zero-order valence-corrected chi connectivity index (χ0v) is 27.5. The molecule has 2 amide bonds. The third kappa shape index (κ3) is 8.24. The van der Waals surface area contributed by atoms with Crippen LogP contribution in [0.3, 0.4) is 0 Å². The molecule has 3 aromatic rings. The van der Waals surface area contributed by atoms with Crippen LogP contribution in [0.1, 0.15) is 55.7 Å². The van der Waals surface area contributed by atoms with Gasteiger partial charge in [0.1, 0.15) is 12.6 Å². The minimum absolute atomic E-state index is 0.0120. The van der Waals surface area contributed by atoms with Crippen LogP contribution < -0.4 is 9.62 Å². The molecule has 1 atom stereocenters. The van der Waals surface area contributed by atoms with Crippen molar-refractivity contribution in [2.24, 2.45) is 0 Å². The second-order valence-electron chi connectivity index (χ2n) is 11.0. The van der Waals surface area contributed by atoms with Crippen LogP contribution in [0.4, 0.5) is 5.69 Å². The summed E-state index contributed by atoms with van der Waals surface area (Å²) in [4.78, 5) is 29.0. The van der Waals surface area contributed by atoms with Crippen molar-refractivity contribution in [3.05, 3.63) is 92.4 Å². The lowest BCUT2D eigenvalue weighted by Crippen LogP contribution is -2.53. The highest BCUT2D eigenvalue weighted by Crippen LogP contribution is 2.28. The topological polar surface area (TPSA) is 86.8 Å².